The van der Waals surface area contributed by atoms with E-state index in [9.17, 15) is 14.4 Å². The van der Waals surface area contributed by atoms with E-state index in [0.717, 1.165) is 12.0 Å². The molecule has 1 aromatic rings. The van der Waals surface area contributed by atoms with E-state index >= 15 is 0 Å². The fourth-order valence-corrected chi connectivity index (χ4v) is 3.52. The summed E-state index contributed by atoms with van der Waals surface area (Å²) in [5.74, 6) is -1.26. The number of ether oxygens (including phenoxy) is 1. The summed E-state index contributed by atoms with van der Waals surface area (Å²) in [5, 5.41) is 0. The molecular formula is C19H24N2O4. The van der Waals surface area contributed by atoms with Crippen molar-refractivity contribution in [1.29, 1.82) is 0 Å². The molecule has 2 amide bonds. The van der Waals surface area contributed by atoms with Crippen molar-refractivity contribution in [1.82, 2.24) is 9.80 Å². The van der Waals surface area contributed by atoms with Gasteiger partial charge < -0.3 is 14.5 Å². The summed E-state index contributed by atoms with van der Waals surface area (Å²) in [5.41, 5.74) is 2.35. The van der Waals surface area contributed by atoms with Gasteiger partial charge in [0.2, 0.25) is 0 Å². The standard InChI is InChI=1S/C19H24N2O4/c1-2-25-19(24)15-8-10-20(11-9-15)17(22)18(23)21-12-7-14-5-3-4-6-16(14)13-21/h3-6,15H,2,7-13H2,1H3. The highest BCUT2D eigenvalue weighted by molar-refractivity contribution is 6.34. The summed E-state index contributed by atoms with van der Waals surface area (Å²) in [6, 6.07) is 8.02. The number of fused-ring (bicyclic) bond motifs is 1. The first kappa shape index (κ1) is 17.5. The summed E-state index contributed by atoms with van der Waals surface area (Å²) < 4.78 is 5.04. The quantitative estimate of drug-likeness (QED) is 0.600. The van der Waals surface area contributed by atoms with Crippen molar-refractivity contribution in [3.05, 3.63) is 35.4 Å². The van der Waals surface area contributed by atoms with Gasteiger partial charge in [-0.05, 0) is 37.3 Å². The normalized spacial score (nSPS) is 17.8. The van der Waals surface area contributed by atoms with Crippen LogP contribution in [0.5, 0.6) is 0 Å². The predicted octanol–water partition coefficient (Wildman–Crippen LogP) is 1.37. The molecular weight excluding hydrogens is 320 g/mol. The number of piperidine rings is 1. The highest BCUT2D eigenvalue weighted by Gasteiger charge is 2.33. The van der Waals surface area contributed by atoms with Crippen LogP contribution in [0.3, 0.4) is 0 Å². The Labute approximate surface area is 147 Å². The molecule has 0 spiro atoms. The average molecular weight is 344 g/mol. The first-order chi connectivity index (χ1) is 12.1. The van der Waals surface area contributed by atoms with Crippen molar-refractivity contribution < 1.29 is 19.1 Å². The number of likely N-dealkylation sites (tertiary alicyclic amines) is 1. The Hall–Kier alpha value is -2.37. The third-order valence-corrected chi connectivity index (χ3v) is 5.00. The highest BCUT2D eigenvalue weighted by atomic mass is 16.5. The van der Waals surface area contributed by atoms with Gasteiger partial charge in [-0.25, -0.2) is 0 Å². The van der Waals surface area contributed by atoms with Crippen LogP contribution in [-0.2, 0) is 32.1 Å². The Kier molecular flexibility index (Phi) is 5.36. The lowest BCUT2D eigenvalue weighted by molar-refractivity contribution is -0.155. The molecule has 134 valence electrons. The largest absolute Gasteiger partial charge is 0.466 e. The summed E-state index contributed by atoms with van der Waals surface area (Å²) >= 11 is 0. The van der Waals surface area contributed by atoms with Gasteiger partial charge in [-0.3, -0.25) is 14.4 Å². The zero-order valence-corrected chi connectivity index (χ0v) is 14.6. The minimum Gasteiger partial charge on any atom is -0.466 e. The van der Waals surface area contributed by atoms with E-state index in [1.54, 1.807) is 16.7 Å². The summed E-state index contributed by atoms with van der Waals surface area (Å²) in [6.45, 7) is 4.07. The molecule has 0 unspecified atom stereocenters. The number of carbonyl (C=O) groups excluding carboxylic acids is 3. The predicted molar refractivity (Wildman–Crippen MR) is 91.5 cm³/mol. The van der Waals surface area contributed by atoms with Gasteiger partial charge in [0.15, 0.2) is 0 Å². The molecule has 1 aromatic carbocycles. The number of hydrogen-bond donors (Lipinski definition) is 0. The van der Waals surface area contributed by atoms with Crippen molar-refractivity contribution in [2.75, 3.05) is 26.2 Å². The number of carbonyl (C=O) groups is 3. The van der Waals surface area contributed by atoms with E-state index in [-0.39, 0.29) is 11.9 Å². The highest BCUT2D eigenvalue weighted by Crippen LogP contribution is 2.21. The first-order valence-electron chi connectivity index (χ1n) is 8.91. The number of esters is 1. The van der Waals surface area contributed by atoms with Gasteiger partial charge in [-0.2, -0.15) is 0 Å². The molecule has 0 aromatic heterocycles. The van der Waals surface area contributed by atoms with E-state index in [1.165, 1.54) is 5.56 Å². The molecule has 1 fully saturated rings. The van der Waals surface area contributed by atoms with Crippen molar-refractivity contribution in [3.8, 4) is 0 Å². The fraction of sp³-hybridized carbons (Fsp3) is 0.526. The van der Waals surface area contributed by atoms with Gasteiger partial charge in [0, 0.05) is 26.2 Å². The minimum absolute atomic E-state index is 0.166. The van der Waals surface area contributed by atoms with Crippen LogP contribution in [0.15, 0.2) is 24.3 Å². The number of hydrogen-bond acceptors (Lipinski definition) is 4. The second-order valence-corrected chi connectivity index (χ2v) is 6.56. The number of nitrogens with zero attached hydrogens (tertiary/aromatic N) is 2. The van der Waals surface area contributed by atoms with Gasteiger partial charge in [-0.15, -0.1) is 0 Å². The topological polar surface area (TPSA) is 66.9 Å². The number of rotatable bonds is 2. The number of benzene rings is 1. The lowest BCUT2D eigenvalue weighted by atomic mass is 9.96. The third-order valence-electron chi connectivity index (χ3n) is 5.00. The van der Waals surface area contributed by atoms with Crippen molar-refractivity contribution in [2.45, 2.75) is 32.7 Å². The number of amides is 2. The van der Waals surface area contributed by atoms with Crippen LogP contribution in [0.4, 0.5) is 0 Å². The Morgan fingerprint density at radius 1 is 1.00 bits per heavy atom. The molecule has 0 radical (unpaired) electrons. The molecule has 0 saturated carbocycles. The van der Waals surface area contributed by atoms with E-state index < -0.39 is 11.8 Å². The molecule has 1 saturated heterocycles. The maximum atomic E-state index is 12.6. The first-order valence-corrected chi connectivity index (χ1v) is 8.91. The molecule has 2 aliphatic heterocycles. The summed E-state index contributed by atoms with van der Waals surface area (Å²) in [4.78, 5) is 40.1. The second-order valence-electron chi connectivity index (χ2n) is 6.56. The van der Waals surface area contributed by atoms with Gasteiger partial charge in [-0.1, -0.05) is 24.3 Å². The lowest BCUT2D eigenvalue weighted by Gasteiger charge is -2.33. The SMILES string of the molecule is CCOC(=O)C1CCN(C(=O)C(=O)N2CCc3ccccc3C2)CC1. The van der Waals surface area contributed by atoms with Gasteiger partial charge in [0.1, 0.15) is 0 Å². The summed E-state index contributed by atoms with van der Waals surface area (Å²) in [7, 11) is 0. The van der Waals surface area contributed by atoms with Crippen molar-refractivity contribution >= 4 is 17.8 Å². The maximum Gasteiger partial charge on any atom is 0.312 e. The smallest absolute Gasteiger partial charge is 0.312 e. The second kappa shape index (κ2) is 7.68. The van der Waals surface area contributed by atoms with Crippen molar-refractivity contribution in [3.63, 3.8) is 0 Å². The molecule has 2 heterocycles. The van der Waals surface area contributed by atoms with Crippen LogP contribution in [0.1, 0.15) is 30.9 Å². The maximum absolute atomic E-state index is 12.6. The van der Waals surface area contributed by atoms with Crippen LogP contribution in [0, 0.1) is 5.92 Å². The Morgan fingerprint density at radius 3 is 2.32 bits per heavy atom. The molecule has 6 heteroatoms. The molecule has 0 aliphatic carbocycles. The lowest BCUT2D eigenvalue weighted by Crippen LogP contribution is -2.49. The minimum atomic E-state index is -0.457. The molecule has 0 bridgehead atoms. The molecule has 25 heavy (non-hydrogen) atoms. The van der Waals surface area contributed by atoms with E-state index in [4.69, 9.17) is 4.74 Å². The van der Waals surface area contributed by atoms with Crippen LogP contribution in [-0.4, -0.2) is 53.8 Å². The van der Waals surface area contributed by atoms with Crippen molar-refractivity contribution in [2.24, 2.45) is 5.92 Å². The van der Waals surface area contributed by atoms with Crippen LogP contribution < -0.4 is 0 Å². The summed E-state index contributed by atoms with van der Waals surface area (Å²) in [6.07, 6.45) is 1.89. The van der Waals surface area contributed by atoms with Crippen LogP contribution in [0.2, 0.25) is 0 Å². The molecule has 6 nitrogen and oxygen atoms in total. The average Bonchev–Trinajstić information content (AvgIpc) is 2.66. The molecule has 0 N–H and O–H groups in total. The molecule has 2 aliphatic rings. The third kappa shape index (κ3) is 3.83. The zero-order valence-electron chi connectivity index (χ0n) is 14.6. The molecule has 3 rings (SSSR count). The Balaban J connectivity index is 1.55. The van der Waals surface area contributed by atoms with Crippen LogP contribution >= 0.6 is 0 Å². The zero-order chi connectivity index (χ0) is 17.8. The molecule has 0 atom stereocenters. The van der Waals surface area contributed by atoms with E-state index in [1.807, 2.05) is 18.2 Å². The van der Waals surface area contributed by atoms with E-state index in [2.05, 4.69) is 6.07 Å². The fourth-order valence-electron chi connectivity index (χ4n) is 3.52. The van der Waals surface area contributed by atoms with Gasteiger partial charge >= 0.3 is 17.8 Å². The monoisotopic (exact) mass is 344 g/mol. The Bertz CT molecular complexity index is 665. The van der Waals surface area contributed by atoms with Crippen LogP contribution in [0.25, 0.3) is 0 Å². The Morgan fingerprint density at radius 2 is 1.64 bits per heavy atom. The van der Waals surface area contributed by atoms with E-state index in [0.29, 0.717) is 45.6 Å². The van der Waals surface area contributed by atoms with Gasteiger partial charge in [0.25, 0.3) is 0 Å². The van der Waals surface area contributed by atoms with Gasteiger partial charge in [0.05, 0.1) is 12.5 Å².